The summed E-state index contributed by atoms with van der Waals surface area (Å²) in [5.74, 6) is 1.12. The number of hydrogen-bond donors (Lipinski definition) is 0. The Morgan fingerprint density at radius 2 is 2.00 bits per heavy atom. The van der Waals surface area contributed by atoms with E-state index in [1.54, 1.807) is 0 Å². The van der Waals surface area contributed by atoms with Gasteiger partial charge in [-0.2, -0.15) is 0 Å². The lowest BCUT2D eigenvalue weighted by molar-refractivity contribution is -0.145. The van der Waals surface area contributed by atoms with Crippen LogP contribution in [0.5, 0.6) is 0 Å². The molecule has 0 aliphatic heterocycles. The first-order valence-electron chi connectivity index (χ1n) is 4.20. The van der Waals surface area contributed by atoms with Crippen molar-refractivity contribution in [2.45, 2.75) is 40.0 Å². The van der Waals surface area contributed by atoms with Gasteiger partial charge in [0.05, 0.1) is 0 Å². The monoisotopic (exact) mass is 140 g/mol. The van der Waals surface area contributed by atoms with E-state index < -0.39 is 0 Å². The molecule has 1 saturated carbocycles. The molecular formula is C9H16O. The van der Waals surface area contributed by atoms with Crippen LogP contribution in [0, 0.1) is 11.3 Å². The van der Waals surface area contributed by atoms with E-state index in [-0.39, 0.29) is 5.41 Å². The van der Waals surface area contributed by atoms with Crippen LogP contribution in [-0.4, -0.2) is 5.78 Å². The fraction of sp³-hybridized carbons (Fsp3) is 0.889. The Hall–Kier alpha value is -0.330. The standard InChI is InChI=1S/C9H16O/c1-4-9(5-2)7(3)6-8(9)10/h7H,4-6H2,1-3H3. The van der Waals surface area contributed by atoms with Crippen LogP contribution < -0.4 is 0 Å². The van der Waals surface area contributed by atoms with E-state index in [1.807, 2.05) is 0 Å². The number of rotatable bonds is 2. The minimum absolute atomic E-state index is 0.0833. The highest BCUT2D eigenvalue weighted by Gasteiger charge is 2.48. The highest BCUT2D eigenvalue weighted by atomic mass is 16.1. The second kappa shape index (κ2) is 2.37. The van der Waals surface area contributed by atoms with Crippen molar-refractivity contribution in [1.29, 1.82) is 0 Å². The van der Waals surface area contributed by atoms with Crippen molar-refractivity contribution in [2.75, 3.05) is 0 Å². The third-order valence-corrected chi connectivity index (χ3v) is 3.25. The molecule has 0 saturated heterocycles. The topological polar surface area (TPSA) is 17.1 Å². The second-order valence-electron chi connectivity index (χ2n) is 3.39. The van der Waals surface area contributed by atoms with Gasteiger partial charge in [-0.1, -0.05) is 20.8 Å². The van der Waals surface area contributed by atoms with Gasteiger partial charge in [-0.05, 0) is 18.8 Å². The molecule has 0 spiro atoms. The Bertz CT molecular complexity index is 145. The molecule has 1 nitrogen and oxygen atoms in total. The number of Topliss-reactive ketones (excluding diaryl/α,β-unsaturated/α-hetero) is 1. The molecule has 0 bridgehead atoms. The molecule has 0 aromatic carbocycles. The van der Waals surface area contributed by atoms with Gasteiger partial charge in [0.2, 0.25) is 0 Å². The van der Waals surface area contributed by atoms with Crippen LogP contribution in [0.3, 0.4) is 0 Å². The van der Waals surface area contributed by atoms with Gasteiger partial charge in [0.15, 0.2) is 0 Å². The van der Waals surface area contributed by atoms with Gasteiger partial charge in [-0.25, -0.2) is 0 Å². The predicted molar refractivity (Wildman–Crippen MR) is 41.8 cm³/mol. The van der Waals surface area contributed by atoms with Gasteiger partial charge >= 0.3 is 0 Å². The number of carbonyl (C=O) groups excluding carboxylic acids is 1. The average molecular weight is 140 g/mol. The highest BCUT2D eigenvalue weighted by molar-refractivity contribution is 5.91. The van der Waals surface area contributed by atoms with Gasteiger partial charge in [0.25, 0.3) is 0 Å². The Labute approximate surface area is 62.8 Å². The fourth-order valence-corrected chi connectivity index (χ4v) is 2.16. The van der Waals surface area contributed by atoms with E-state index in [9.17, 15) is 4.79 Å². The molecule has 10 heavy (non-hydrogen) atoms. The maximum atomic E-state index is 11.2. The summed E-state index contributed by atoms with van der Waals surface area (Å²) in [5.41, 5.74) is 0.0833. The van der Waals surface area contributed by atoms with Crippen molar-refractivity contribution in [3.05, 3.63) is 0 Å². The summed E-state index contributed by atoms with van der Waals surface area (Å²) in [7, 11) is 0. The molecule has 0 amide bonds. The van der Waals surface area contributed by atoms with E-state index in [4.69, 9.17) is 0 Å². The highest BCUT2D eigenvalue weighted by Crippen LogP contribution is 2.48. The number of ketones is 1. The van der Waals surface area contributed by atoms with Gasteiger partial charge in [0, 0.05) is 11.8 Å². The molecule has 0 heterocycles. The molecule has 1 aliphatic rings. The van der Waals surface area contributed by atoms with Crippen LogP contribution >= 0.6 is 0 Å². The van der Waals surface area contributed by atoms with Crippen LogP contribution in [0.15, 0.2) is 0 Å². The van der Waals surface area contributed by atoms with Crippen LogP contribution in [0.1, 0.15) is 40.0 Å². The number of hydrogen-bond acceptors (Lipinski definition) is 1. The molecule has 0 N–H and O–H groups in total. The zero-order chi connectivity index (χ0) is 7.78. The Kier molecular flexibility index (Phi) is 1.84. The van der Waals surface area contributed by atoms with Crippen molar-refractivity contribution < 1.29 is 4.79 Å². The van der Waals surface area contributed by atoms with Crippen molar-refractivity contribution in [2.24, 2.45) is 11.3 Å². The molecular weight excluding hydrogens is 124 g/mol. The first kappa shape index (κ1) is 7.77. The SMILES string of the molecule is CCC1(CC)C(=O)CC1C. The molecule has 1 rings (SSSR count). The predicted octanol–water partition coefficient (Wildman–Crippen LogP) is 2.40. The zero-order valence-electron chi connectivity index (χ0n) is 7.11. The smallest absolute Gasteiger partial charge is 0.139 e. The van der Waals surface area contributed by atoms with Crippen molar-refractivity contribution in [3.8, 4) is 0 Å². The summed E-state index contributed by atoms with van der Waals surface area (Å²) >= 11 is 0. The lowest BCUT2D eigenvalue weighted by atomic mass is 9.57. The Morgan fingerprint density at radius 3 is 2.10 bits per heavy atom. The minimum Gasteiger partial charge on any atom is -0.299 e. The summed E-state index contributed by atoms with van der Waals surface area (Å²) < 4.78 is 0. The lowest BCUT2D eigenvalue weighted by Gasteiger charge is -2.45. The van der Waals surface area contributed by atoms with E-state index in [0.717, 1.165) is 19.3 Å². The van der Waals surface area contributed by atoms with Gasteiger partial charge in [0.1, 0.15) is 5.78 Å². The van der Waals surface area contributed by atoms with E-state index in [1.165, 1.54) is 0 Å². The summed E-state index contributed by atoms with van der Waals surface area (Å²) in [6.45, 7) is 6.43. The molecule has 1 fully saturated rings. The van der Waals surface area contributed by atoms with Crippen molar-refractivity contribution >= 4 is 5.78 Å². The molecule has 1 heteroatoms. The molecule has 1 aliphatic carbocycles. The molecule has 1 unspecified atom stereocenters. The van der Waals surface area contributed by atoms with Crippen LogP contribution in [-0.2, 0) is 4.79 Å². The van der Waals surface area contributed by atoms with E-state index in [0.29, 0.717) is 11.7 Å². The molecule has 0 aromatic rings. The zero-order valence-corrected chi connectivity index (χ0v) is 7.11. The summed E-state index contributed by atoms with van der Waals surface area (Å²) in [5, 5.41) is 0. The Balaban J connectivity index is 2.71. The second-order valence-corrected chi connectivity index (χ2v) is 3.39. The van der Waals surface area contributed by atoms with Crippen molar-refractivity contribution in [1.82, 2.24) is 0 Å². The van der Waals surface area contributed by atoms with Crippen LogP contribution in [0.4, 0.5) is 0 Å². The summed E-state index contributed by atoms with van der Waals surface area (Å²) in [4.78, 5) is 11.2. The van der Waals surface area contributed by atoms with Crippen LogP contribution in [0.25, 0.3) is 0 Å². The summed E-state index contributed by atoms with van der Waals surface area (Å²) in [6, 6.07) is 0. The first-order valence-corrected chi connectivity index (χ1v) is 4.20. The van der Waals surface area contributed by atoms with Crippen molar-refractivity contribution in [3.63, 3.8) is 0 Å². The fourth-order valence-electron chi connectivity index (χ4n) is 2.16. The van der Waals surface area contributed by atoms with Gasteiger partial charge < -0.3 is 0 Å². The maximum absolute atomic E-state index is 11.2. The molecule has 58 valence electrons. The van der Waals surface area contributed by atoms with Gasteiger partial charge in [-0.3, -0.25) is 4.79 Å². The summed E-state index contributed by atoms with van der Waals surface area (Å²) in [6.07, 6.45) is 2.88. The lowest BCUT2D eigenvalue weighted by Crippen LogP contribution is -2.47. The third-order valence-electron chi connectivity index (χ3n) is 3.25. The molecule has 0 aromatic heterocycles. The first-order chi connectivity index (χ1) is 4.67. The maximum Gasteiger partial charge on any atom is 0.139 e. The number of carbonyl (C=O) groups is 1. The van der Waals surface area contributed by atoms with E-state index in [2.05, 4.69) is 20.8 Å². The minimum atomic E-state index is 0.0833. The van der Waals surface area contributed by atoms with E-state index >= 15 is 0 Å². The average Bonchev–Trinajstić information content (AvgIpc) is 1.91. The normalized spacial score (nSPS) is 29.9. The largest absolute Gasteiger partial charge is 0.299 e. The Morgan fingerprint density at radius 1 is 1.50 bits per heavy atom. The molecule has 1 atom stereocenters. The van der Waals surface area contributed by atoms with Gasteiger partial charge in [-0.15, -0.1) is 0 Å². The van der Waals surface area contributed by atoms with Crippen LogP contribution in [0.2, 0.25) is 0 Å². The molecule has 0 radical (unpaired) electrons. The quantitative estimate of drug-likeness (QED) is 0.575. The third kappa shape index (κ3) is 0.727.